The molecule has 4 rings (SSSR count). The van der Waals surface area contributed by atoms with Crippen LogP contribution in [0.25, 0.3) is 23.0 Å². The maximum Gasteiger partial charge on any atom is 0.271 e. The van der Waals surface area contributed by atoms with Crippen LogP contribution in [0.15, 0.2) is 77.5 Å². The van der Waals surface area contributed by atoms with Crippen LogP contribution in [0.4, 0.5) is 0 Å². The van der Waals surface area contributed by atoms with Crippen LogP contribution in [0, 0.1) is 17.2 Å². The summed E-state index contributed by atoms with van der Waals surface area (Å²) in [7, 11) is 0. The molecule has 0 unspecified atom stereocenters. The quantitative estimate of drug-likeness (QED) is 0.316. The van der Waals surface area contributed by atoms with Crippen molar-refractivity contribution in [1.29, 1.82) is 5.26 Å². The second-order valence-electron chi connectivity index (χ2n) is 9.69. The average molecular weight is 495 g/mol. The van der Waals surface area contributed by atoms with Crippen molar-refractivity contribution in [2.24, 2.45) is 5.92 Å². The molecule has 7 heteroatoms. The Kier molecular flexibility index (Phi) is 7.40. The Labute approximate surface area is 217 Å². The Morgan fingerprint density at radius 3 is 2.27 bits per heavy atom. The fourth-order valence-electron chi connectivity index (χ4n) is 4.13. The van der Waals surface area contributed by atoms with Gasteiger partial charge in [0.2, 0.25) is 0 Å². The van der Waals surface area contributed by atoms with E-state index in [4.69, 9.17) is 9.84 Å². The number of para-hydroxylation sites is 1. The largest absolute Gasteiger partial charge is 0.493 e. The molecule has 2 heterocycles. The van der Waals surface area contributed by atoms with E-state index in [0.29, 0.717) is 34.9 Å². The predicted molar refractivity (Wildman–Crippen MR) is 143 cm³/mol. The van der Waals surface area contributed by atoms with Gasteiger partial charge in [0.1, 0.15) is 17.4 Å². The number of carbonyl (C=O) groups is 2. The smallest absolute Gasteiger partial charge is 0.271 e. The van der Waals surface area contributed by atoms with E-state index in [1.165, 1.54) is 0 Å². The number of nitrogens with zero attached hydrogens (tertiary/aromatic N) is 4. The Morgan fingerprint density at radius 1 is 1.00 bits per heavy atom. The van der Waals surface area contributed by atoms with Crippen molar-refractivity contribution in [2.45, 2.75) is 40.7 Å². The number of amides is 2. The molecule has 0 N–H and O–H groups in total. The Balaban J connectivity index is 1.85. The van der Waals surface area contributed by atoms with Gasteiger partial charge >= 0.3 is 0 Å². The van der Waals surface area contributed by atoms with Gasteiger partial charge in [-0.15, -0.1) is 0 Å². The number of imide groups is 1. The first-order valence-electron chi connectivity index (χ1n) is 12.3. The van der Waals surface area contributed by atoms with Crippen LogP contribution in [0.2, 0.25) is 0 Å². The average Bonchev–Trinajstić information content (AvgIpc) is 3.30. The highest BCUT2D eigenvalue weighted by Crippen LogP contribution is 2.32. The monoisotopic (exact) mass is 494 g/mol. The van der Waals surface area contributed by atoms with Gasteiger partial charge in [0.05, 0.1) is 18.0 Å². The molecule has 7 nitrogen and oxygen atoms in total. The molecular formula is C30H30N4O3. The van der Waals surface area contributed by atoms with Crippen LogP contribution < -0.4 is 4.74 Å². The van der Waals surface area contributed by atoms with Gasteiger partial charge in [0, 0.05) is 28.9 Å². The fraction of sp³-hybridized carbons (Fsp3) is 0.267. The zero-order chi connectivity index (χ0) is 26.7. The van der Waals surface area contributed by atoms with Gasteiger partial charge in [-0.2, -0.15) is 10.4 Å². The molecule has 1 aliphatic heterocycles. The topological polar surface area (TPSA) is 88.2 Å². The second kappa shape index (κ2) is 10.7. The third-order valence-corrected chi connectivity index (χ3v) is 6.06. The van der Waals surface area contributed by atoms with Crippen molar-refractivity contribution < 1.29 is 14.3 Å². The van der Waals surface area contributed by atoms with Crippen LogP contribution in [-0.4, -0.2) is 39.1 Å². The molecular weight excluding hydrogens is 464 g/mol. The Hall–Kier alpha value is -4.44. The first-order chi connectivity index (χ1) is 17.7. The van der Waals surface area contributed by atoms with Crippen LogP contribution >= 0.6 is 0 Å². The number of carbonyl (C=O) groups excluding carboxylic acids is 2. The summed E-state index contributed by atoms with van der Waals surface area (Å²) in [4.78, 5) is 27.3. The van der Waals surface area contributed by atoms with E-state index in [1.807, 2.05) is 66.9 Å². The molecule has 2 aromatic carbocycles. The van der Waals surface area contributed by atoms with Gasteiger partial charge in [-0.1, -0.05) is 32.0 Å². The van der Waals surface area contributed by atoms with Crippen LogP contribution in [-0.2, 0) is 9.59 Å². The number of rotatable bonds is 7. The zero-order valence-corrected chi connectivity index (χ0v) is 21.7. The van der Waals surface area contributed by atoms with Gasteiger partial charge in [0.25, 0.3) is 11.8 Å². The molecule has 0 bridgehead atoms. The highest BCUT2D eigenvalue weighted by Gasteiger charge is 2.37. The summed E-state index contributed by atoms with van der Waals surface area (Å²) in [5.41, 5.74) is 3.71. The lowest BCUT2D eigenvalue weighted by atomic mass is 9.92. The lowest BCUT2D eigenvalue weighted by molar-refractivity contribution is -0.142. The first kappa shape index (κ1) is 25.6. The zero-order valence-electron chi connectivity index (χ0n) is 21.7. The third kappa shape index (κ3) is 5.24. The molecule has 0 spiro atoms. The maximum atomic E-state index is 13.4. The Bertz CT molecular complexity index is 1420. The lowest BCUT2D eigenvalue weighted by Crippen LogP contribution is -2.46. The molecule has 37 heavy (non-hydrogen) atoms. The number of ether oxygens (including phenoxy) is 1. The molecule has 3 aromatic rings. The molecule has 1 aromatic heterocycles. The number of hydrogen-bond acceptors (Lipinski definition) is 5. The van der Waals surface area contributed by atoms with Crippen LogP contribution in [0.3, 0.4) is 0 Å². The highest BCUT2D eigenvalue weighted by molar-refractivity contribution is 6.20. The molecule has 188 valence electrons. The predicted octanol–water partition coefficient (Wildman–Crippen LogP) is 5.57. The summed E-state index contributed by atoms with van der Waals surface area (Å²) in [6, 6.07) is 19.0. The number of benzene rings is 2. The minimum atomic E-state index is -0.561. The number of nitriles is 1. The molecule has 1 aliphatic rings. The van der Waals surface area contributed by atoms with E-state index in [1.54, 1.807) is 31.5 Å². The Morgan fingerprint density at radius 2 is 1.68 bits per heavy atom. The third-order valence-electron chi connectivity index (χ3n) is 6.06. The summed E-state index contributed by atoms with van der Waals surface area (Å²) in [6.45, 7) is 9.97. The van der Waals surface area contributed by atoms with Crippen molar-refractivity contribution in [2.75, 3.05) is 6.61 Å². The standard InChI is InChI=1S/C30H30N4O3/c1-19(2)18-37-25-13-11-22(12-14-25)28-23(17-33(32-28)24-9-7-6-8-10-24)15-26-21(5)27(16-31)30(36)34(20(3)4)29(26)35/h6-15,17,19-20H,18H2,1-5H3/b26-15+. The van der Waals surface area contributed by atoms with E-state index in [9.17, 15) is 14.9 Å². The molecule has 0 aliphatic carbocycles. The lowest BCUT2D eigenvalue weighted by Gasteiger charge is -2.30. The minimum absolute atomic E-state index is 0.0248. The first-order valence-corrected chi connectivity index (χ1v) is 12.3. The van der Waals surface area contributed by atoms with Gasteiger partial charge in [-0.05, 0) is 74.7 Å². The van der Waals surface area contributed by atoms with E-state index < -0.39 is 11.8 Å². The second-order valence-corrected chi connectivity index (χ2v) is 9.69. The maximum absolute atomic E-state index is 13.4. The van der Waals surface area contributed by atoms with E-state index in [-0.39, 0.29) is 11.6 Å². The van der Waals surface area contributed by atoms with E-state index in [2.05, 4.69) is 13.8 Å². The van der Waals surface area contributed by atoms with Gasteiger partial charge in [-0.3, -0.25) is 14.5 Å². The summed E-state index contributed by atoms with van der Waals surface area (Å²) >= 11 is 0. The van der Waals surface area contributed by atoms with E-state index >= 15 is 0 Å². The number of hydrogen-bond donors (Lipinski definition) is 0. The SMILES string of the molecule is CC1=C(C#N)C(=O)N(C(C)C)C(=O)/C1=C/c1cn(-c2ccccc2)nc1-c1ccc(OCC(C)C)cc1. The van der Waals surface area contributed by atoms with Crippen molar-refractivity contribution in [1.82, 2.24) is 14.7 Å². The summed E-state index contributed by atoms with van der Waals surface area (Å²) in [5.74, 6) is 0.201. The summed E-state index contributed by atoms with van der Waals surface area (Å²) < 4.78 is 7.58. The summed E-state index contributed by atoms with van der Waals surface area (Å²) in [6.07, 6.45) is 3.57. The van der Waals surface area contributed by atoms with Crippen molar-refractivity contribution in [3.8, 4) is 28.8 Å². The van der Waals surface area contributed by atoms with Gasteiger partial charge in [-0.25, -0.2) is 4.68 Å². The molecule has 0 saturated heterocycles. The van der Waals surface area contributed by atoms with Crippen molar-refractivity contribution in [3.63, 3.8) is 0 Å². The molecule has 0 atom stereocenters. The van der Waals surface area contributed by atoms with Crippen LogP contribution in [0.5, 0.6) is 5.75 Å². The molecule has 0 saturated carbocycles. The molecule has 0 radical (unpaired) electrons. The van der Waals surface area contributed by atoms with Crippen LogP contribution in [0.1, 0.15) is 40.2 Å². The normalized spacial score (nSPS) is 15.2. The van der Waals surface area contributed by atoms with Crippen molar-refractivity contribution in [3.05, 3.63) is 83.1 Å². The molecule has 2 amide bonds. The number of aromatic nitrogens is 2. The van der Waals surface area contributed by atoms with Crippen molar-refractivity contribution >= 4 is 17.9 Å². The van der Waals surface area contributed by atoms with Gasteiger partial charge in [0.15, 0.2) is 0 Å². The highest BCUT2D eigenvalue weighted by atomic mass is 16.5. The van der Waals surface area contributed by atoms with Gasteiger partial charge < -0.3 is 4.74 Å². The van der Waals surface area contributed by atoms with E-state index in [0.717, 1.165) is 21.9 Å². The minimum Gasteiger partial charge on any atom is -0.493 e. The summed E-state index contributed by atoms with van der Waals surface area (Å²) in [5, 5.41) is 14.5. The molecule has 0 fully saturated rings. The fourth-order valence-corrected chi connectivity index (χ4v) is 4.13.